The number of hydrogen-bond acceptors (Lipinski definition) is 5. The fourth-order valence-corrected chi connectivity index (χ4v) is 10.2. The van der Waals surface area contributed by atoms with Crippen molar-refractivity contribution in [3.05, 3.63) is 60.7 Å². The van der Waals surface area contributed by atoms with Gasteiger partial charge in [-0.15, -0.1) is 0 Å². The summed E-state index contributed by atoms with van der Waals surface area (Å²) in [6, 6.07) is 21.0. The quantitative estimate of drug-likeness (QED) is 0.340. The number of benzene rings is 2. The van der Waals surface area contributed by atoms with Crippen LogP contribution >= 0.6 is 22.6 Å². The van der Waals surface area contributed by atoms with Crippen molar-refractivity contribution in [1.29, 1.82) is 0 Å². The lowest BCUT2D eigenvalue weighted by Gasteiger charge is -2.45. The molecule has 0 unspecified atom stereocenters. The van der Waals surface area contributed by atoms with Crippen LogP contribution in [-0.4, -0.2) is 54.3 Å². The van der Waals surface area contributed by atoms with E-state index in [2.05, 4.69) is 91.9 Å². The van der Waals surface area contributed by atoms with Crippen molar-refractivity contribution in [2.75, 3.05) is 6.61 Å². The number of rotatable bonds is 5. The Labute approximate surface area is 205 Å². The highest BCUT2D eigenvalue weighted by Crippen LogP contribution is 2.41. The lowest BCUT2D eigenvalue weighted by Crippen LogP contribution is -2.68. The van der Waals surface area contributed by atoms with Crippen molar-refractivity contribution in [3.8, 4) is 0 Å². The van der Waals surface area contributed by atoms with Crippen LogP contribution in [-0.2, 0) is 18.6 Å². The SMILES string of the molecule is CC1(C)O[C@@H]2[C@H](I)[C@@H](O)O[C@H](CO[Si](c3ccccc3)(c3ccccc3)C(C)(C)C)[C@@H]2O1. The second-order valence-electron chi connectivity index (χ2n) is 10.0. The molecule has 2 aliphatic rings. The highest BCUT2D eigenvalue weighted by molar-refractivity contribution is 14.1. The van der Waals surface area contributed by atoms with Crippen LogP contribution < -0.4 is 10.4 Å². The molecule has 0 saturated carbocycles. The number of fused-ring (bicyclic) bond motifs is 1. The van der Waals surface area contributed by atoms with E-state index >= 15 is 0 Å². The van der Waals surface area contributed by atoms with Crippen molar-refractivity contribution in [2.24, 2.45) is 0 Å². The maximum absolute atomic E-state index is 10.6. The summed E-state index contributed by atoms with van der Waals surface area (Å²) >= 11 is 2.19. The summed E-state index contributed by atoms with van der Waals surface area (Å²) in [5.41, 5.74) is 0. The summed E-state index contributed by atoms with van der Waals surface area (Å²) in [7, 11) is -2.71. The van der Waals surface area contributed by atoms with Crippen LogP contribution in [0.2, 0.25) is 5.04 Å². The number of aliphatic hydroxyl groups excluding tert-OH is 1. The summed E-state index contributed by atoms with van der Waals surface area (Å²) < 4.78 is 25.2. The number of ether oxygens (including phenoxy) is 3. The van der Waals surface area contributed by atoms with Crippen LogP contribution in [0.1, 0.15) is 34.6 Å². The van der Waals surface area contributed by atoms with Crippen molar-refractivity contribution in [1.82, 2.24) is 0 Å². The topological polar surface area (TPSA) is 57.2 Å². The van der Waals surface area contributed by atoms with Gasteiger partial charge in [0.15, 0.2) is 12.1 Å². The third-order valence-corrected chi connectivity index (χ3v) is 12.6. The maximum atomic E-state index is 10.6. The summed E-state index contributed by atoms with van der Waals surface area (Å²) in [6.45, 7) is 10.9. The summed E-state index contributed by atoms with van der Waals surface area (Å²) in [5, 5.41) is 12.9. The summed E-state index contributed by atoms with van der Waals surface area (Å²) in [4.78, 5) is 0. The van der Waals surface area contributed by atoms with Gasteiger partial charge in [-0.25, -0.2) is 0 Å². The number of alkyl halides is 1. The molecule has 2 saturated heterocycles. The highest BCUT2D eigenvalue weighted by Gasteiger charge is 2.56. The third kappa shape index (κ3) is 4.45. The van der Waals surface area contributed by atoms with E-state index in [1.807, 2.05) is 26.0 Å². The van der Waals surface area contributed by atoms with Gasteiger partial charge in [-0.1, -0.05) is 104 Å². The van der Waals surface area contributed by atoms with Crippen molar-refractivity contribution < 1.29 is 23.7 Å². The van der Waals surface area contributed by atoms with E-state index in [9.17, 15) is 5.11 Å². The van der Waals surface area contributed by atoms with Crippen LogP contribution in [0.3, 0.4) is 0 Å². The average Bonchev–Trinajstić information content (AvgIpc) is 3.08. The number of aliphatic hydroxyl groups is 1. The first-order valence-corrected chi connectivity index (χ1v) is 14.3. The minimum Gasteiger partial charge on any atom is -0.405 e. The second-order valence-corrected chi connectivity index (χ2v) is 15.8. The lowest BCUT2D eigenvalue weighted by atomic mass is 10.0. The molecule has 0 aromatic heterocycles. The number of hydrogen-bond donors (Lipinski definition) is 1. The van der Waals surface area contributed by atoms with Gasteiger partial charge in [-0.3, -0.25) is 0 Å². The molecule has 4 rings (SSSR count). The molecule has 0 aliphatic carbocycles. The summed E-state index contributed by atoms with van der Waals surface area (Å²) in [5.74, 6) is -0.720. The third-order valence-electron chi connectivity index (χ3n) is 6.31. The molecule has 2 heterocycles. The average molecular weight is 569 g/mol. The summed E-state index contributed by atoms with van der Waals surface area (Å²) in [6.07, 6.45) is -1.90. The Morgan fingerprint density at radius 1 is 0.938 bits per heavy atom. The normalized spacial score (nSPS) is 30.2. The zero-order chi connectivity index (χ0) is 23.1. The van der Waals surface area contributed by atoms with Crippen LogP contribution in [0.25, 0.3) is 0 Å². The van der Waals surface area contributed by atoms with Gasteiger partial charge in [0.1, 0.15) is 18.3 Å². The Morgan fingerprint density at radius 3 is 1.94 bits per heavy atom. The molecule has 0 spiro atoms. The fourth-order valence-electron chi connectivity index (χ4n) is 4.95. The molecule has 5 atom stereocenters. The van der Waals surface area contributed by atoms with Gasteiger partial charge in [0.25, 0.3) is 8.32 Å². The zero-order valence-corrected chi connectivity index (χ0v) is 22.5. The van der Waals surface area contributed by atoms with E-state index < -0.39 is 26.5 Å². The molecule has 2 aliphatic heterocycles. The van der Waals surface area contributed by atoms with E-state index in [-0.39, 0.29) is 21.2 Å². The predicted molar refractivity (Wildman–Crippen MR) is 136 cm³/mol. The second kappa shape index (κ2) is 9.09. The molecule has 0 bridgehead atoms. The lowest BCUT2D eigenvalue weighted by molar-refractivity contribution is -0.210. The molecule has 2 fully saturated rings. The van der Waals surface area contributed by atoms with Crippen molar-refractivity contribution in [2.45, 2.75) is 74.0 Å². The van der Waals surface area contributed by atoms with Gasteiger partial charge in [0, 0.05) is 0 Å². The molecule has 1 N–H and O–H groups in total. The van der Waals surface area contributed by atoms with Gasteiger partial charge in [0.05, 0.1) is 10.5 Å². The standard InChI is InChI=1S/C25H33IO5Si/c1-24(2,3)32(17-12-8-6-9-13-17,18-14-10-7-11-15-18)28-16-19-21-22(20(26)23(27)29-19)31-25(4,5)30-21/h6-15,19-23,27H,16H2,1-5H3/t19-,20+,21+,22-,23+/m1/s1. The minimum absolute atomic E-state index is 0.138. The minimum atomic E-state index is -2.71. The molecule has 2 aromatic rings. The molecular weight excluding hydrogens is 535 g/mol. The van der Waals surface area contributed by atoms with E-state index in [0.717, 1.165) is 0 Å². The van der Waals surface area contributed by atoms with E-state index in [4.69, 9.17) is 18.6 Å². The van der Waals surface area contributed by atoms with Crippen LogP contribution in [0, 0.1) is 0 Å². The highest BCUT2D eigenvalue weighted by atomic mass is 127. The Balaban J connectivity index is 1.71. The smallest absolute Gasteiger partial charge is 0.261 e. The van der Waals surface area contributed by atoms with Crippen molar-refractivity contribution in [3.63, 3.8) is 0 Å². The van der Waals surface area contributed by atoms with Gasteiger partial charge in [0.2, 0.25) is 0 Å². The van der Waals surface area contributed by atoms with Gasteiger partial charge in [-0.05, 0) is 29.3 Å². The Hall–Kier alpha value is -0.813. The number of halogens is 1. The van der Waals surface area contributed by atoms with Gasteiger partial charge in [-0.2, -0.15) is 0 Å². The van der Waals surface area contributed by atoms with Crippen molar-refractivity contribution >= 4 is 41.3 Å². The monoisotopic (exact) mass is 568 g/mol. The zero-order valence-electron chi connectivity index (χ0n) is 19.3. The first-order chi connectivity index (χ1) is 15.1. The van der Waals surface area contributed by atoms with Gasteiger partial charge >= 0.3 is 0 Å². The molecule has 32 heavy (non-hydrogen) atoms. The van der Waals surface area contributed by atoms with Crippen LogP contribution in [0.4, 0.5) is 0 Å². The molecular formula is C25H33IO5Si. The first kappa shape index (κ1) is 24.3. The first-order valence-electron chi connectivity index (χ1n) is 11.1. The van der Waals surface area contributed by atoms with E-state index in [1.54, 1.807) is 0 Å². The molecule has 0 radical (unpaired) electrons. The Bertz CT molecular complexity index is 862. The molecule has 2 aromatic carbocycles. The van der Waals surface area contributed by atoms with Gasteiger partial charge < -0.3 is 23.7 Å². The van der Waals surface area contributed by atoms with Crippen LogP contribution in [0.15, 0.2) is 60.7 Å². The predicted octanol–water partition coefficient (Wildman–Crippen LogP) is 3.60. The Kier molecular flexibility index (Phi) is 6.91. The largest absolute Gasteiger partial charge is 0.405 e. The van der Waals surface area contributed by atoms with E-state index in [1.165, 1.54) is 10.4 Å². The molecule has 7 heteroatoms. The Morgan fingerprint density at radius 2 is 1.44 bits per heavy atom. The molecule has 5 nitrogen and oxygen atoms in total. The van der Waals surface area contributed by atoms with E-state index in [0.29, 0.717) is 6.61 Å². The molecule has 0 amide bonds. The van der Waals surface area contributed by atoms with Crippen LogP contribution in [0.5, 0.6) is 0 Å². The molecule has 174 valence electrons. The maximum Gasteiger partial charge on any atom is 0.261 e. The fraction of sp³-hybridized carbons (Fsp3) is 0.520.